The lowest BCUT2D eigenvalue weighted by Crippen LogP contribution is -2.10. The Hall–Kier alpha value is -2.10. The number of hydrogen-bond donors (Lipinski definition) is 0. The summed E-state index contributed by atoms with van der Waals surface area (Å²) in [5.41, 5.74) is 2.26. The Kier molecular flexibility index (Phi) is 3.78. The summed E-state index contributed by atoms with van der Waals surface area (Å²) in [5.74, 6) is 0.784. The molecule has 21 heavy (non-hydrogen) atoms. The maximum atomic E-state index is 12.7. The third-order valence-corrected chi connectivity index (χ3v) is 3.65. The number of rotatable bonds is 6. The molecule has 0 saturated heterocycles. The van der Waals surface area contributed by atoms with Gasteiger partial charge >= 0.3 is 0 Å². The Morgan fingerprint density at radius 3 is 2.81 bits per heavy atom. The zero-order valence-electron chi connectivity index (χ0n) is 12.5. The van der Waals surface area contributed by atoms with E-state index in [2.05, 4.69) is 5.10 Å². The topological polar surface area (TPSA) is 44.1 Å². The molecule has 1 saturated carbocycles. The number of carbonyl (C=O) groups is 1. The van der Waals surface area contributed by atoms with Gasteiger partial charge in [0.05, 0.1) is 11.8 Å². The third-order valence-electron chi connectivity index (χ3n) is 3.65. The number of carbonyl (C=O) groups excluding carboxylic acids is 1. The highest BCUT2D eigenvalue weighted by Gasteiger charge is 2.24. The lowest BCUT2D eigenvalue weighted by atomic mass is 10.1. The van der Waals surface area contributed by atoms with Crippen molar-refractivity contribution in [1.29, 1.82) is 0 Å². The summed E-state index contributed by atoms with van der Waals surface area (Å²) in [7, 11) is 0. The SMILES string of the molecule is CCc1cc(C(=O)c2cccc(OC3CC3)c2)n(CC)n1. The van der Waals surface area contributed by atoms with E-state index in [-0.39, 0.29) is 5.78 Å². The number of aryl methyl sites for hydroxylation is 2. The van der Waals surface area contributed by atoms with Crippen LogP contribution in [0.1, 0.15) is 48.4 Å². The van der Waals surface area contributed by atoms with Crippen LogP contribution < -0.4 is 4.74 Å². The summed E-state index contributed by atoms with van der Waals surface area (Å²) in [4.78, 5) is 12.7. The molecular formula is C17H20N2O2. The van der Waals surface area contributed by atoms with E-state index >= 15 is 0 Å². The zero-order valence-corrected chi connectivity index (χ0v) is 12.5. The summed E-state index contributed by atoms with van der Waals surface area (Å²) < 4.78 is 7.53. The van der Waals surface area contributed by atoms with E-state index in [9.17, 15) is 4.79 Å². The van der Waals surface area contributed by atoms with Crippen LogP contribution in [0.5, 0.6) is 5.75 Å². The Bertz CT molecular complexity index is 657. The second-order valence-corrected chi connectivity index (χ2v) is 5.36. The van der Waals surface area contributed by atoms with Crippen molar-refractivity contribution < 1.29 is 9.53 Å². The Morgan fingerprint density at radius 2 is 2.14 bits per heavy atom. The van der Waals surface area contributed by atoms with Crippen LogP contribution in [0.25, 0.3) is 0 Å². The maximum absolute atomic E-state index is 12.7. The minimum absolute atomic E-state index is 0.00490. The second kappa shape index (κ2) is 5.72. The van der Waals surface area contributed by atoms with Crippen LogP contribution in [0.4, 0.5) is 0 Å². The van der Waals surface area contributed by atoms with Crippen molar-refractivity contribution >= 4 is 5.78 Å². The molecule has 0 aliphatic heterocycles. The van der Waals surface area contributed by atoms with Gasteiger partial charge in [-0.3, -0.25) is 9.48 Å². The van der Waals surface area contributed by atoms with Crippen LogP contribution >= 0.6 is 0 Å². The molecule has 0 N–H and O–H groups in total. The van der Waals surface area contributed by atoms with E-state index in [4.69, 9.17) is 4.74 Å². The highest BCUT2D eigenvalue weighted by molar-refractivity contribution is 6.08. The molecule has 1 aliphatic carbocycles. The van der Waals surface area contributed by atoms with Gasteiger partial charge in [0.25, 0.3) is 0 Å². The number of hydrogen-bond acceptors (Lipinski definition) is 3. The van der Waals surface area contributed by atoms with Crippen LogP contribution in [0.3, 0.4) is 0 Å². The Balaban J connectivity index is 1.88. The van der Waals surface area contributed by atoms with Gasteiger partial charge in [0.15, 0.2) is 0 Å². The number of benzene rings is 1. The molecular weight excluding hydrogens is 264 g/mol. The van der Waals surface area contributed by atoms with Crippen molar-refractivity contribution in [3.05, 3.63) is 47.3 Å². The number of ketones is 1. The van der Waals surface area contributed by atoms with E-state index in [0.717, 1.165) is 30.7 Å². The predicted molar refractivity (Wildman–Crippen MR) is 80.8 cm³/mol. The largest absolute Gasteiger partial charge is 0.490 e. The van der Waals surface area contributed by atoms with Gasteiger partial charge in [-0.1, -0.05) is 19.1 Å². The highest BCUT2D eigenvalue weighted by atomic mass is 16.5. The first-order valence-corrected chi connectivity index (χ1v) is 7.59. The van der Waals surface area contributed by atoms with E-state index in [1.165, 1.54) is 0 Å². The molecule has 0 bridgehead atoms. The first-order chi connectivity index (χ1) is 10.2. The highest BCUT2D eigenvalue weighted by Crippen LogP contribution is 2.27. The van der Waals surface area contributed by atoms with Crippen molar-refractivity contribution in [3.8, 4) is 5.75 Å². The molecule has 0 radical (unpaired) electrons. The fraction of sp³-hybridized carbons (Fsp3) is 0.412. The van der Waals surface area contributed by atoms with Gasteiger partial charge in [0.1, 0.15) is 11.4 Å². The lowest BCUT2D eigenvalue weighted by Gasteiger charge is -2.07. The molecule has 1 aliphatic rings. The van der Waals surface area contributed by atoms with Crippen LogP contribution in [0, 0.1) is 0 Å². The number of nitrogens with zero attached hydrogens (tertiary/aromatic N) is 2. The molecule has 1 aromatic heterocycles. The third kappa shape index (κ3) is 2.99. The Labute approximate surface area is 124 Å². The summed E-state index contributed by atoms with van der Waals surface area (Å²) in [6, 6.07) is 9.34. The molecule has 0 amide bonds. The van der Waals surface area contributed by atoms with Gasteiger partial charge < -0.3 is 4.74 Å². The van der Waals surface area contributed by atoms with Crippen molar-refractivity contribution in [2.45, 2.75) is 45.8 Å². The van der Waals surface area contributed by atoms with Crippen LogP contribution in [0.15, 0.2) is 30.3 Å². The molecule has 110 valence electrons. The summed E-state index contributed by atoms with van der Waals surface area (Å²) in [6.45, 7) is 4.73. The minimum atomic E-state index is 0.00490. The first kappa shape index (κ1) is 13.9. The molecule has 0 spiro atoms. The lowest BCUT2D eigenvalue weighted by molar-refractivity contribution is 0.102. The van der Waals surface area contributed by atoms with Crippen molar-refractivity contribution in [2.75, 3.05) is 0 Å². The van der Waals surface area contributed by atoms with E-state index < -0.39 is 0 Å². The Morgan fingerprint density at radius 1 is 1.33 bits per heavy atom. The summed E-state index contributed by atoms with van der Waals surface area (Å²) in [6.07, 6.45) is 3.39. The average molecular weight is 284 g/mol. The fourth-order valence-corrected chi connectivity index (χ4v) is 2.30. The number of aromatic nitrogens is 2. The van der Waals surface area contributed by atoms with Gasteiger partial charge in [0.2, 0.25) is 5.78 Å². The van der Waals surface area contributed by atoms with Crippen LogP contribution in [0.2, 0.25) is 0 Å². The van der Waals surface area contributed by atoms with Crippen molar-refractivity contribution in [3.63, 3.8) is 0 Å². The molecule has 1 aromatic carbocycles. The smallest absolute Gasteiger partial charge is 0.211 e. The van der Waals surface area contributed by atoms with E-state index in [0.29, 0.717) is 23.9 Å². The number of ether oxygens (including phenoxy) is 1. The van der Waals surface area contributed by atoms with Gasteiger partial charge in [-0.15, -0.1) is 0 Å². The van der Waals surface area contributed by atoms with Gasteiger partial charge in [-0.25, -0.2) is 0 Å². The summed E-state index contributed by atoms with van der Waals surface area (Å²) >= 11 is 0. The zero-order chi connectivity index (χ0) is 14.8. The maximum Gasteiger partial charge on any atom is 0.211 e. The van der Waals surface area contributed by atoms with Gasteiger partial charge in [0, 0.05) is 12.1 Å². The van der Waals surface area contributed by atoms with E-state index in [1.54, 1.807) is 4.68 Å². The average Bonchev–Trinajstić information content (AvgIpc) is 3.22. The predicted octanol–water partition coefficient (Wildman–Crippen LogP) is 3.24. The summed E-state index contributed by atoms with van der Waals surface area (Å²) in [5, 5.41) is 4.44. The minimum Gasteiger partial charge on any atom is -0.490 e. The molecule has 3 rings (SSSR count). The molecule has 1 fully saturated rings. The van der Waals surface area contributed by atoms with Gasteiger partial charge in [-0.2, -0.15) is 5.10 Å². The standard InChI is InChI=1S/C17H20N2O2/c1-3-13-11-16(19(4-2)18-13)17(20)12-6-5-7-15(10-12)21-14-8-9-14/h5-7,10-11,14H,3-4,8-9H2,1-2H3. The van der Waals surface area contributed by atoms with Crippen LogP contribution in [-0.4, -0.2) is 21.7 Å². The normalized spacial score (nSPS) is 14.2. The molecule has 4 nitrogen and oxygen atoms in total. The van der Waals surface area contributed by atoms with Gasteiger partial charge in [-0.05, 0) is 44.4 Å². The first-order valence-electron chi connectivity index (χ1n) is 7.59. The second-order valence-electron chi connectivity index (χ2n) is 5.36. The fourth-order valence-electron chi connectivity index (χ4n) is 2.30. The molecule has 0 atom stereocenters. The molecule has 2 aromatic rings. The van der Waals surface area contributed by atoms with Crippen molar-refractivity contribution in [2.24, 2.45) is 0 Å². The molecule has 4 heteroatoms. The van der Waals surface area contributed by atoms with Crippen LogP contribution in [-0.2, 0) is 13.0 Å². The monoisotopic (exact) mass is 284 g/mol. The molecule has 0 unspecified atom stereocenters. The molecule has 1 heterocycles. The van der Waals surface area contributed by atoms with E-state index in [1.807, 2.05) is 44.2 Å². The quantitative estimate of drug-likeness (QED) is 0.765. The van der Waals surface area contributed by atoms with Crippen molar-refractivity contribution in [1.82, 2.24) is 9.78 Å².